The molecule has 5 rings (SSSR count). The van der Waals surface area contributed by atoms with Crippen LogP contribution in [0.25, 0.3) is 21.5 Å². The van der Waals surface area contributed by atoms with Crippen molar-refractivity contribution in [1.29, 1.82) is 5.26 Å². The number of hydrogen-bond acceptors (Lipinski definition) is 5. The van der Waals surface area contributed by atoms with Crippen LogP contribution in [0.3, 0.4) is 0 Å². The minimum absolute atomic E-state index is 0.233. The summed E-state index contributed by atoms with van der Waals surface area (Å²) in [6.07, 6.45) is 7.29. The van der Waals surface area contributed by atoms with E-state index in [1.54, 1.807) is 10.6 Å². The van der Waals surface area contributed by atoms with Crippen molar-refractivity contribution in [1.82, 2.24) is 24.7 Å². The van der Waals surface area contributed by atoms with Gasteiger partial charge in [-0.05, 0) is 45.0 Å². The Morgan fingerprint density at radius 3 is 2.85 bits per heavy atom. The molecule has 0 spiro atoms. The quantitative estimate of drug-likeness (QED) is 0.429. The normalized spacial score (nSPS) is 14.3. The first-order valence-corrected chi connectivity index (χ1v) is 11.4. The third kappa shape index (κ3) is 3.76. The smallest absolute Gasteiger partial charge is 0.203 e. The lowest BCUT2D eigenvalue weighted by molar-refractivity contribution is 0.338. The summed E-state index contributed by atoms with van der Waals surface area (Å²) in [5.41, 5.74) is 4.11. The lowest BCUT2D eigenvalue weighted by Gasteiger charge is -2.24. The van der Waals surface area contributed by atoms with E-state index >= 15 is 0 Å². The number of aromatic nitrogens is 4. The molecule has 0 unspecified atom stereocenters. The van der Waals surface area contributed by atoms with Crippen LogP contribution in [0, 0.1) is 30.6 Å². The molecule has 4 aromatic rings. The van der Waals surface area contributed by atoms with Gasteiger partial charge in [-0.1, -0.05) is 23.9 Å². The number of nitriles is 1. The van der Waals surface area contributed by atoms with E-state index in [4.69, 9.17) is 6.57 Å². The number of benzene rings is 1. The minimum atomic E-state index is -0.468. The van der Waals surface area contributed by atoms with Crippen LogP contribution >= 0.6 is 11.8 Å². The van der Waals surface area contributed by atoms with E-state index in [2.05, 4.69) is 38.0 Å². The van der Waals surface area contributed by atoms with Gasteiger partial charge in [0.25, 0.3) is 0 Å². The fraction of sp³-hybridized carbons (Fsp3) is 0.250. The molecule has 33 heavy (non-hydrogen) atoms. The molecule has 1 fully saturated rings. The van der Waals surface area contributed by atoms with E-state index in [1.807, 2.05) is 18.5 Å². The van der Waals surface area contributed by atoms with Crippen molar-refractivity contribution in [3.8, 4) is 17.2 Å². The SMILES string of the molecule is [C-]#[N+]c1cccc(F)c1Sc1cc(-c2cnn(C3CCNCC3)c2C)cn2ncc(C#N)c12. The summed E-state index contributed by atoms with van der Waals surface area (Å²) in [6.45, 7) is 11.4. The largest absolute Gasteiger partial charge is 0.317 e. The monoisotopic (exact) mass is 457 g/mol. The molecule has 1 aliphatic rings. The van der Waals surface area contributed by atoms with Crippen molar-refractivity contribution in [2.45, 2.75) is 35.6 Å². The fourth-order valence-corrected chi connectivity index (χ4v) is 5.40. The maximum absolute atomic E-state index is 14.7. The van der Waals surface area contributed by atoms with Gasteiger partial charge in [0.05, 0.1) is 41.0 Å². The van der Waals surface area contributed by atoms with E-state index < -0.39 is 5.82 Å². The Labute approximate surface area is 194 Å². The van der Waals surface area contributed by atoms with Crippen LogP contribution in [0.2, 0.25) is 0 Å². The van der Waals surface area contributed by atoms with E-state index in [0.717, 1.165) is 54.5 Å². The predicted octanol–water partition coefficient (Wildman–Crippen LogP) is 5.14. The standard InChI is InChI=1S/C24H20FN7S/c1-15-19(13-30-32(15)18-6-8-28-9-7-18)16-10-22(23-17(11-26)12-29-31(23)14-16)33-24-20(25)4-3-5-21(24)27-2/h3-5,10,12-14,18,28H,6-9H2,1H3. The zero-order valence-electron chi connectivity index (χ0n) is 17.9. The summed E-state index contributed by atoms with van der Waals surface area (Å²) in [5, 5.41) is 22.0. The van der Waals surface area contributed by atoms with Gasteiger partial charge >= 0.3 is 0 Å². The zero-order valence-corrected chi connectivity index (χ0v) is 18.7. The van der Waals surface area contributed by atoms with Crippen LogP contribution in [0.4, 0.5) is 10.1 Å². The molecule has 164 valence electrons. The van der Waals surface area contributed by atoms with Crippen molar-refractivity contribution >= 4 is 23.0 Å². The van der Waals surface area contributed by atoms with Crippen LogP contribution < -0.4 is 5.32 Å². The number of fused-ring (bicyclic) bond motifs is 1. The average molecular weight is 458 g/mol. The molecule has 9 heteroatoms. The first-order chi connectivity index (χ1) is 16.1. The molecule has 0 saturated carbocycles. The van der Waals surface area contributed by atoms with Gasteiger partial charge < -0.3 is 5.32 Å². The van der Waals surface area contributed by atoms with E-state index in [-0.39, 0.29) is 10.6 Å². The number of nitrogens with zero attached hydrogens (tertiary/aromatic N) is 6. The molecule has 0 radical (unpaired) electrons. The first kappa shape index (κ1) is 21.2. The fourth-order valence-electron chi connectivity index (χ4n) is 4.31. The minimum Gasteiger partial charge on any atom is -0.317 e. The summed E-state index contributed by atoms with van der Waals surface area (Å²) < 4.78 is 18.4. The van der Waals surface area contributed by atoms with Crippen LogP contribution in [-0.2, 0) is 0 Å². The van der Waals surface area contributed by atoms with Crippen LogP contribution in [0.1, 0.15) is 30.1 Å². The number of pyridine rings is 1. The van der Waals surface area contributed by atoms with Gasteiger partial charge in [-0.3, -0.25) is 4.68 Å². The summed E-state index contributed by atoms with van der Waals surface area (Å²) in [5.74, 6) is -0.468. The van der Waals surface area contributed by atoms with Gasteiger partial charge in [0.1, 0.15) is 11.9 Å². The molecule has 0 amide bonds. The lowest BCUT2D eigenvalue weighted by Crippen LogP contribution is -2.30. The lowest BCUT2D eigenvalue weighted by atomic mass is 10.1. The second-order valence-corrected chi connectivity index (χ2v) is 8.98. The van der Waals surface area contributed by atoms with Crippen molar-refractivity contribution in [2.24, 2.45) is 0 Å². The molecule has 0 bridgehead atoms. The number of hydrogen-bond donors (Lipinski definition) is 1. The molecule has 3 aromatic heterocycles. The second-order valence-electron chi connectivity index (χ2n) is 7.93. The molecule has 4 heterocycles. The van der Waals surface area contributed by atoms with Gasteiger partial charge in [-0.15, -0.1) is 0 Å². The highest BCUT2D eigenvalue weighted by atomic mass is 32.2. The average Bonchev–Trinajstić information content (AvgIpc) is 3.44. The van der Waals surface area contributed by atoms with Gasteiger partial charge in [-0.2, -0.15) is 15.5 Å². The number of nitrogens with one attached hydrogen (secondary N) is 1. The molecular formula is C24H20FN7S. The van der Waals surface area contributed by atoms with E-state index in [0.29, 0.717) is 22.0 Å². The maximum atomic E-state index is 14.7. The zero-order chi connectivity index (χ0) is 22.9. The molecule has 1 aliphatic heterocycles. The Morgan fingerprint density at radius 2 is 2.09 bits per heavy atom. The van der Waals surface area contributed by atoms with Crippen molar-refractivity contribution < 1.29 is 4.39 Å². The Kier molecular flexibility index (Phi) is 5.59. The van der Waals surface area contributed by atoms with Crippen molar-refractivity contribution in [3.05, 3.63) is 71.3 Å². The topological polar surface area (TPSA) is 75.3 Å². The molecular weight excluding hydrogens is 437 g/mol. The number of halogens is 1. The first-order valence-electron chi connectivity index (χ1n) is 10.6. The highest BCUT2D eigenvalue weighted by Gasteiger charge is 2.21. The summed E-state index contributed by atoms with van der Waals surface area (Å²) in [7, 11) is 0. The second kappa shape index (κ2) is 8.70. The molecule has 0 aliphatic carbocycles. The third-order valence-electron chi connectivity index (χ3n) is 5.99. The Bertz CT molecular complexity index is 1430. The third-order valence-corrected chi connectivity index (χ3v) is 7.13. The highest BCUT2D eigenvalue weighted by Crippen LogP contribution is 2.41. The van der Waals surface area contributed by atoms with Crippen molar-refractivity contribution in [3.63, 3.8) is 0 Å². The van der Waals surface area contributed by atoms with Gasteiger partial charge in [0.15, 0.2) is 0 Å². The summed E-state index contributed by atoms with van der Waals surface area (Å²) in [6, 6.07) is 8.90. The van der Waals surface area contributed by atoms with Crippen LogP contribution in [-0.4, -0.2) is 32.5 Å². The molecule has 0 atom stereocenters. The predicted molar refractivity (Wildman–Crippen MR) is 124 cm³/mol. The van der Waals surface area contributed by atoms with Crippen LogP contribution in [0.15, 0.2) is 52.6 Å². The van der Waals surface area contributed by atoms with Gasteiger partial charge in [0, 0.05) is 27.9 Å². The summed E-state index contributed by atoms with van der Waals surface area (Å²) in [4.78, 5) is 4.36. The Balaban J connectivity index is 1.64. The number of rotatable bonds is 4. The van der Waals surface area contributed by atoms with E-state index in [9.17, 15) is 9.65 Å². The highest BCUT2D eigenvalue weighted by molar-refractivity contribution is 7.99. The molecule has 7 nitrogen and oxygen atoms in total. The molecule has 1 aromatic carbocycles. The maximum Gasteiger partial charge on any atom is 0.203 e. The van der Waals surface area contributed by atoms with Crippen molar-refractivity contribution in [2.75, 3.05) is 13.1 Å². The summed E-state index contributed by atoms with van der Waals surface area (Å²) >= 11 is 1.14. The van der Waals surface area contributed by atoms with Crippen LogP contribution in [0.5, 0.6) is 0 Å². The Morgan fingerprint density at radius 1 is 1.27 bits per heavy atom. The molecule has 1 N–H and O–H groups in total. The van der Waals surface area contributed by atoms with Gasteiger partial charge in [-0.25, -0.2) is 13.8 Å². The number of piperidine rings is 1. The Hall–Kier alpha value is -3.66. The van der Waals surface area contributed by atoms with E-state index in [1.165, 1.54) is 18.3 Å². The van der Waals surface area contributed by atoms with Gasteiger partial charge in [0.2, 0.25) is 5.69 Å². The molecule has 1 saturated heterocycles.